The maximum absolute atomic E-state index is 5.10. The van der Waals surface area contributed by atoms with Crippen LogP contribution in [-0.4, -0.2) is 32.8 Å². The first-order valence-electron chi connectivity index (χ1n) is 8.01. The average Bonchev–Trinajstić information content (AvgIpc) is 2.52. The maximum Gasteiger partial charge on any atom is 0.0587 e. The predicted octanol–water partition coefficient (Wildman–Crippen LogP) is 3.95. The molecule has 4 heteroatoms. The number of piperidine rings is 1. The molecule has 1 aliphatic rings. The maximum atomic E-state index is 5.10. The summed E-state index contributed by atoms with van der Waals surface area (Å²) in [6.45, 7) is 6.03. The summed E-state index contributed by atoms with van der Waals surface area (Å²) in [5.41, 5.74) is 2.77. The zero-order chi connectivity index (χ0) is 15.1. The molecule has 0 radical (unpaired) electrons. The fourth-order valence-electron chi connectivity index (χ4n) is 3.12. The van der Waals surface area contributed by atoms with E-state index < -0.39 is 0 Å². The van der Waals surface area contributed by atoms with E-state index in [1.54, 1.807) is 7.11 Å². The van der Waals surface area contributed by atoms with Crippen molar-refractivity contribution in [2.45, 2.75) is 45.2 Å². The predicted molar refractivity (Wildman–Crippen MR) is 93.0 cm³/mol. The number of rotatable bonds is 7. The fraction of sp³-hybridized carbons (Fsp3) is 0.647. The molecular weight excluding hydrogens is 328 g/mol. The summed E-state index contributed by atoms with van der Waals surface area (Å²) >= 11 is 3.60. The lowest BCUT2D eigenvalue weighted by Gasteiger charge is -2.38. The van der Waals surface area contributed by atoms with Crippen molar-refractivity contribution in [1.29, 1.82) is 0 Å². The highest BCUT2D eigenvalue weighted by atomic mass is 79.9. The van der Waals surface area contributed by atoms with Crippen molar-refractivity contribution >= 4 is 21.6 Å². The minimum absolute atomic E-state index is 0.692. The van der Waals surface area contributed by atoms with Gasteiger partial charge < -0.3 is 15.0 Å². The number of nitrogens with zero attached hydrogens (tertiary/aromatic N) is 1. The number of halogens is 1. The molecule has 21 heavy (non-hydrogen) atoms. The Hall–Kier alpha value is -0.580. The molecule has 1 aromatic carbocycles. The molecule has 3 nitrogen and oxygen atoms in total. The molecule has 0 spiro atoms. The number of nitrogens with one attached hydrogen (secondary N) is 1. The SMILES string of the molecule is CCC1CCCCN1c1ccc(Br)cc1CNCCOC. The van der Waals surface area contributed by atoms with E-state index in [2.05, 4.69) is 51.3 Å². The number of methoxy groups -OCH3 is 1. The van der Waals surface area contributed by atoms with Crippen LogP contribution in [0, 0.1) is 0 Å². The lowest BCUT2D eigenvalue weighted by atomic mass is 9.98. The molecular formula is C17H27BrN2O. The first kappa shape index (κ1) is 16.8. The van der Waals surface area contributed by atoms with E-state index in [0.717, 1.165) is 24.2 Å². The van der Waals surface area contributed by atoms with Crippen molar-refractivity contribution < 1.29 is 4.74 Å². The van der Waals surface area contributed by atoms with Gasteiger partial charge in [0.25, 0.3) is 0 Å². The molecule has 0 aromatic heterocycles. The van der Waals surface area contributed by atoms with Crippen LogP contribution < -0.4 is 10.2 Å². The summed E-state index contributed by atoms with van der Waals surface area (Å²) in [5, 5.41) is 3.47. The van der Waals surface area contributed by atoms with Gasteiger partial charge in [-0.2, -0.15) is 0 Å². The molecule has 0 saturated carbocycles. The van der Waals surface area contributed by atoms with E-state index in [1.165, 1.54) is 43.5 Å². The molecule has 118 valence electrons. The van der Waals surface area contributed by atoms with E-state index in [4.69, 9.17) is 4.74 Å². The summed E-state index contributed by atoms with van der Waals surface area (Å²) in [7, 11) is 1.74. The number of hydrogen-bond acceptors (Lipinski definition) is 3. The molecule has 0 aliphatic carbocycles. The Kier molecular flexibility index (Phi) is 7.00. The van der Waals surface area contributed by atoms with Gasteiger partial charge in [-0.15, -0.1) is 0 Å². The topological polar surface area (TPSA) is 24.5 Å². The van der Waals surface area contributed by atoms with E-state index >= 15 is 0 Å². The third kappa shape index (κ3) is 4.70. The quantitative estimate of drug-likeness (QED) is 0.750. The molecule has 1 heterocycles. The van der Waals surface area contributed by atoms with Gasteiger partial charge in [0.1, 0.15) is 0 Å². The third-order valence-corrected chi connectivity index (χ3v) is 4.74. The molecule has 1 unspecified atom stereocenters. The summed E-state index contributed by atoms with van der Waals surface area (Å²) < 4.78 is 6.25. The smallest absolute Gasteiger partial charge is 0.0587 e. The summed E-state index contributed by atoms with van der Waals surface area (Å²) in [4.78, 5) is 2.61. The molecule has 1 atom stereocenters. The summed E-state index contributed by atoms with van der Waals surface area (Å²) in [6.07, 6.45) is 5.23. The molecule has 1 aromatic rings. The zero-order valence-corrected chi connectivity index (χ0v) is 14.8. The number of hydrogen-bond donors (Lipinski definition) is 1. The third-order valence-electron chi connectivity index (χ3n) is 4.25. The Labute approximate surface area is 137 Å². The van der Waals surface area contributed by atoms with Crippen molar-refractivity contribution in [2.75, 3.05) is 31.7 Å². The van der Waals surface area contributed by atoms with E-state index in [1.807, 2.05) is 0 Å². The van der Waals surface area contributed by atoms with Crippen molar-refractivity contribution in [2.24, 2.45) is 0 Å². The number of benzene rings is 1. The van der Waals surface area contributed by atoms with E-state index in [9.17, 15) is 0 Å². The Bertz CT molecular complexity index is 439. The molecule has 0 bridgehead atoms. The van der Waals surface area contributed by atoms with Gasteiger partial charge in [-0.1, -0.05) is 22.9 Å². The Balaban J connectivity index is 2.13. The first-order chi connectivity index (χ1) is 10.3. The molecule has 1 fully saturated rings. The van der Waals surface area contributed by atoms with Gasteiger partial charge in [0.15, 0.2) is 0 Å². The van der Waals surface area contributed by atoms with Gasteiger partial charge in [-0.3, -0.25) is 0 Å². The largest absolute Gasteiger partial charge is 0.383 e. The van der Waals surface area contributed by atoms with E-state index in [0.29, 0.717) is 6.04 Å². The van der Waals surface area contributed by atoms with Gasteiger partial charge in [0, 0.05) is 42.9 Å². The Morgan fingerprint density at radius 2 is 2.24 bits per heavy atom. The van der Waals surface area contributed by atoms with Gasteiger partial charge in [-0.25, -0.2) is 0 Å². The number of anilines is 1. The minimum Gasteiger partial charge on any atom is -0.383 e. The Morgan fingerprint density at radius 1 is 1.38 bits per heavy atom. The molecule has 1 saturated heterocycles. The normalized spacial score (nSPS) is 19.0. The standard InChI is InChI=1S/C17H27BrN2O/c1-3-16-6-4-5-10-20(16)17-8-7-15(18)12-14(17)13-19-9-11-21-2/h7-8,12,16,19H,3-6,9-11,13H2,1-2H3. The second-order valence-electron chi connectivity index (χ2n) is 5.69. The lowest BCUT2D eigenvalue weighted by Crippen LogP contribution is -2.40. The van der Waals surface area contributed by atoms with Crippen molar-refractivity contribution in [3.63, 3.8) is 0 Å². The second kappa shape index (κ2) is 8.76. The Morgan fingerprint density at radius 3 is 3.00 bits per heavy atom. The summed E-state index contributed by atoms with van der Waals surface area (Å²) in [5.74, 6) is 0. The zero-order valence-electron chi connectivity index (χ0n) is 13.2. The van der Waals surface area contributed by atoms with Gasteiger partial charge in [-0.05, 0) is 49.4 Å². The van der Waals surface area contributed by atoms with Gasteiger partial charge in [0.2, 0.25) is 0 Å². The highest BCUT2D eigenvalue weighted by Crippen LogP contribution is 2.31. The van der Waals surface area contributed by atoms with Crippen LogP contribution in [0.5, 0.6) is 0 Å². The van der Waals surface area contributed by atoms with Crippen molar-refractivity contribution in [1.82, 2.24) is 5.32 Å². The van der Waals surface area contributed by atoms with Crippen LogP contribution in [0.15, 0.2) is 22.7 Å². The number of ether oxygens (including phenoxy) is 1. The summed E-state index contributed by atoms with van der Waals surface area (Å²) in [6, 6.07) is 7.37. The van der Waals surface area contributed by atoms with Crippen LogP contribution in [0.1, 0.15) is 38.2 Å². The second-order valence-corrected chi connectivity index (χ2v) is 6.61. The van der Waals surface area contributed by atoms with Crippen LogP contribution in [0.25, 0.3) is 0 Å². The average molecular weight is 355 g/mol. The molecule has 0 amide bonds. The van der Waals surface area contributed by atoms with Crippen molar-refractivity contribution in [3.05, 3.63) is 28.2 Å². The van der Waals surface area contributed by atoms with Crippen LogP contribution in [0.4, 0.5) is 5.69 Å². The van der Waals surface area contributed by atoms with Gasteiger partial charge in [0.05, 0.1) is 6.61 Å². The van der Waals surface area contributed by atoms with E-state index in [-0.39, 0.29) is 0 Å². The molecule has 1 N–H and O–H groups in total. The first-order valence-corrected chi connectivity index (χ1v) is 8.80. The van der Waals surface area contributed by atoms with Crippen LogP contribution in [0.2, 0.25) is 0 Å². The highest BCUT2D eigenvalue weighted by Gasteiger charge is 2.22. The minimum atomic E-state index is 0.692. The van der Waals surface area contributed by atoms with Gasteiger partial charge >= 0.3 is 0 Å². The monoisotopic (exact) mass is 354 g/mol. The lowest BCUT2D eigenvalue weighted by molar-refractivity contribution is 0.199. The van der Waals surface area contributed by atoms with Crippen LogP contribution in [-0.2, 0) is 11.3 Å². The fourth-order valence-corrected chi connectivity index (χ4v) is 3.52. The van der Waals surface area contributed by atoms with Crippen molar-refractivity contribution in [3.8, 4) is 0 Å². The van der Waals surface area contributed by atoms with Crippen LogP contribution in [0.3, 0.4) is 0 Å². The molecule has 1 aliphatic heterocycles. The highest BCUT2D eigenvalue weighted by molar-refractivity contribution is 9.10. The van der Waals surface area contributed by atoms with Crippen LogP contribution >= 0.6 is 15.9 Å². The molecule has 2 rings (SSSR count).